The highest BCUT2D eigenvalue weighted by molar-refractivity contribution is 6.31. The van der Waals surface area contributed by atoms with Gasteiger partial charge in [0.2, 0.25) is 11.8 Å². The van der Waals surface area contributed by atoms with Crippen LogP contribution in [-0.4, -0.2) is 60.5 Å². The second-order valence-corrected chi connectivity index (χ2v) is 9.20. The minimum absolute atomic E-state index is 0.144. The molecule has 0 aromatic heterocycles. The van der Waals surface area contributed by atoms with Crippen LogP contribution in [0.3, 0.4) is 0 Å². The van der Waals surface area contributed by atoms with Gasteiger partial charge >= 0.3 is 6.61 Å². The number of hydrogen-bond donors (Lipinski definition) is 1. The van der Waals surface area contributed by atoms with E-state index in [1.165, 1.54) is 0 Å². The van der Waals surface area contributed by atoms with Gasteiger partial charge in [-0.05, 0) is 49.9 Å². The van der Waals surface area contributed by atoms with Crippen LogP contribution in [0.25, 0.3) is 0 Å². The SMILES string of the molecule is Cc1c(CN2CCN(C(=O)C3CCCC3)[C@@H](C)C2)cc(Cl)cc1NC(=O)CCOC(F)F. The molecule has 2 amide bonds. The number of ether oxygens (including phenoxy) is 1. The number of piperazine rings is 1. The Morgan fingerprint density at radius 1 is 1.25 bits per heavy atom. The molecule has 2 fully saturated rings. The predicted octanol–water partition coefficient (Wildman–Crippen LogP) is 4.44. The monoisotopic (exact) mass is 471 g/mol. The van der Waals surface area contributed by atoms with Gasteiger partial charge in [0.15, 0.2) is 0 Å². The number of nitrogens with one attached hydrogen (secondary N) is 1. The molecule has 1 saturated carbocycles. The smallest absolute Gasteiger partial charge is 0.337 e. The molecule has 1 aromatic rings. The molecule has 0 spiro atoms. The normalized spacial score (nSPS) is 20.2. The van der Waals surface area contributed by atoms with Crippen molar-refractivity contribution in [2.24, 2.45) is 5.92 Å². The molecular weight excluding hydrogens is 440 g/mol. The van der Waals surface area contributed by atoms with Crippen LogP contribution in [0, 0.1) is 12.8 Å². The molecule has 0 radical (unpaired) electrons. The quantitative estimate of drug-likeness (QED) is 0.609. The topological polar surface area (TPSA) is 61.9 Å². The third-order valence-corrected chi connectivity index (χ3v) is 6.64. The molecule has 1 aliphatic heterocycles. The largest absolute Gasteiger partial charge is 0.345 e. The number of hydrogen-bond acceptors (Lipinski definition) is 4. The van der Waals surface area contributed by atoms with E-state index in [-0.39, 0.29) is 25.0 Å². The molecule has 1 atom stereocenters. The van der Waals surface area contributed by atoms with Crippen molar-refractivity contribution < 1.29 is 23.1 Å². The van der Waals surface area contributed by atoms with Crippen molar-refractivity contribution in [3.63, 3.8) is 0 Å². The van der Waals surface area contributed by atoms with Gasteiger partial charge in [0.25, 0.3) is 0 Å². The Hall–Kier alpha value is -1.77. The van der Waals surface area contributed by atoms with Crippen molar-refractivity contribution in [2.45, 2.75) is 65.1 Å². The fourth-order valence-electron chi connectivity index (χ4n) is 4.64. The number of amides is 2. The molecule has 1 heterocycles. The number of benzene rings is 1. The highest BCUT2D eigenvalue weighted by Crippen LogP contribution is 2.29. The van der Waals surface area contributed by atoms with Crippen molar-refractivity contribution in [1.82, 2.24) is 9.80 Å². The minimum Gasteiger partial charge on any atom is -0.337 e. The zero-order valence-electron chi connectivity index (χ0n) is 18.7. The summed E-state index contributed by atoms with van der Waals surface area (Å²) in [6.45, 7) is 3.68. The van der Waals surface area contributed by atoms with Crippen LogP contribution in [0.15, 0.2) is 12.1 Å². The van der Waals surface area contributed by atoms with Crippen molar-refractivity contribution >= 4 is 29.1 Å². The maximum Gasteiger partial charge on any atom is 0.345 e. The molecule has 9 heteroatoms. The summed E-state index contributed by atoms with van der Waals surface area (Å²) in [5.74, 6) is 0.0838. The Morgan fingerprint density at radius 2 is 1.97 bits per heavy atom. The third kappa shape index (κ3) is 6.62. The van der Waals surface area contributed by atoms with Gasteiger partial charge in [-0.2, -0.15) is 8.78 Å². The highest BCUT2D eigenvalue weighted by Gasteiger charge is 2.33. The lowest BCUT2D eigenvalue weighted by molar-refractivity contribution is -0.140. The summed E-state index contributed by atoms with van der Waals surface area (Å²) in [7, 11) is 0. The first kappa shape index (κ1) is 24.9. The van der Waals surface area contributed by atoms with E-state index < -0.39 is 12.5 Å². The van der Waals surface area contributed by atoms with Crippen molar-refractivity contribution in [3.05, 3.63) is 28.3 Å². The van der Waals surface area contributed by atoms with Crippen LogP contribution >= 0.6 is 11.6 Å². The van der Waals surface area contributed by atoms with E-state index in [2.05, 4.69) is 21.9 Å². The van der Waals surface area contributed by atoms with Gasteiger partial charge in [-0.15, -0.1) is 0 Å². The van der Waals surface area contributed by atoms with E-state index in [0.29, 0.717) is 29.7 Å². The lowest BCUT2D eigenvalue weighted by atomic mass is 10.0. The van der Waals surface area contributed by atoms with Gasteiger partial charge in [-0.1, -0.05) is 24.4 Å². The minimum atomic E-state index is -2.89. The molecule has 0 bridgehead atoms. The number of halogens is 3. The average Bonchev–Trinajstić information content (AvgIpc) is 3.26. The van der Waals surface area contributed by atoms with Crippen LogP contribution in [0.1, 0.15) is 50.2 Å². The Labute approximate surface area is 193 Å². The summed E-state index contributed by atoms with van der Waals surface area (Å²) in [5.41, 5.74) is 2.44. The fourth-order valence-corrected chi connectivity index (χ4v) is 4.88. The molecule has 2 aliphatic rings. The third-order valence-electron chi connectivity index (χ3n) is 6.42. The molecule has 3 rings (SSSR count). The zero-order valence-corrected chi connectivity index (χ0v) is 19.5. The zero-order chi connectivity index (χ0) is 23.3. The summed E-state index contributed by atoms with van der Waals surface area (Å²) >= 11 is 6.29. The van der Waals surface area contributed by atoms with E-state index >= 15 is 0 Å². The first-order valence-corrected chi connectivity index (χ1v) is 11.6. The molecule has 1 aromatic carbocycles. The Kier molecular flexibility index (Phi) is 8.85. The number of nitrogens with zero attached hydrogens (tertiary/aromatic N) is 2. The summed E-state index contributed by atoms with van der Waals surface area (Å²) in [4.78, 5) is 29.2. The average molecular weight is 472 g/mol. The standard InChI is InChI=1S/C23H32ClF2N3O3/c1-15-13-28(8-9-29(15)22(31)17-5-3-4-6-17)14-18-11-19(24)12-20(16(18)2)27-21(30)7-10-32-23(25)26/h11-12,15,17,23H,3-10,13-14H2,1-2H3,(H,27,30)/t15-/m0/s1. The first-order valence-electron chi connectivity index (χ1n) is 11.3. The number of carbonyl (C=O) groups is 2. The molecule has 1 N–H and O–H groups in total. The molecule has 178 valence electrons. The van der Waals surface area contributed by atoms with Gasteiger partial charge in [-0.3, -0.25) is 14.5 Å². The van der Waals surface area contributed by atoms with Crippen LogP contribution in [0.5, 0.6) is 0 Å². The Morgan fingerprint density at radius 3 is 2.62 bits per heavy atom. The molecule has 1 aliphatic carbocycles. The van der Waals surface area contributed by atoms with Gasteiger partial charge < -0.3 is 15.0 Å². The van der Waals surface area contributed by atoms with Crippen molar-refractivity contribution in [2.75, 3.05) is 31.6 Å². The fraction of sp³-hybridized carbons (Fsp3) is 0.652. The summed E-state index contributed by atoms with van der Waals surface area (Å²) in [6, 6.07) is 3.69. The molecule has 0 unspecified atom stereocenters. The van der Waals surface area contributed by atoms with Crippen LogP contribution in [0.4, 0.5) is 14.5 Å². The summed E-state index contributed by atoms with van der Waals surface area (Å²) in [6.07, 6.45) is 4.15. The second kappa shape index (κ2) is 11.4. The predicted molar refractivity (Wildman–Crippen MR) is 120 cm³/mol. The molecule has 32 heavy (non-hydrogen) atoms. The summed E-state index contributed by atoms with van der Waals surface area (Å²) in [5, 5.41) is 3.24. The number of alkyl halides is 2. The number of carbonyl (C=O) groups excluding carboxylic acids is 2. The maximum atomic E-state index is 12.8. The lowest BCUT2D eigenvalue weighted by Crippen LogP contribution is -2.54. The number of anilines is 1. The van der Waals surface area contributed by atoms with Crippen LogP contribution in [-0.2, 0) is 20.9 Å². The maximum absolute atomic E-state index is 12.8. The van der Waals surface area contributed by atoms with Crippen LogP contribution in [0.2, 0.25) is 5.02 Å². The van der Waals surface area contributed by atoms with Crippen molar-refractivity contribution in [1.29, 1.82) is 0 Å². The second-order valence-electron chi connectivity index (χ2n) is 8.76. The Balaban J connectivity index is 1.59. The number of rotatable bonds is 8. The molecule has 6 nitrogen and oxygen atoms in total. The van der Waals surface area contributed by atoms with E-state index in [4.69, 9.17) is 11.6 Å². The van der Waals surface area contributed by atoms with Crippen molar-refractivity contribution in [3.8, 4) is 0 Å². The Bertz CT molecular complexity index is 818. The molecular formula is C23H32ClF2N3O3. The highest BCUT2D eigenvalue weighted by atomic mass is 35.5. The molecule has 1 saturated heterocycles. The van der Waals surface area contributed by atoms with Gasteiger partial charge in [-0.25, -0.2) is 0 Å². The van der Waals surface area contributed by atoms with E-state index in [0.717, 1.165) is 49.9 Å². The van der Waals surface area contributed by atoms with E-state index in [1.54, 1.807) is 6.07 Å². The summed E-state index contributed by atoms with van der Waals surface area (Å²) < 4.78 is 28.3. The van der Waals surface area contributed by atoms with E-state index in [1.807, 2.05) is 17.9 Å². The van der Waals surface area contributed by atoms with Crippen LogP contribution < -0.4 is 5.32 Å². The lowest BCUT2D eigenvalue weighted by Gasteiger charge is -2.41. The first-order chi connectivity index (χ1) is 15.2. The van der Waals surface area contributed by atoms with Gasteiger partial charge in [0, 0.05) is 48.8 Å². The van der Waals surface area contributed by atoms with Gasteiger partial charge in [0.05, 0.1) is 13.0 Å². The van der Waals surface area contributed by atoms with E-state index in [9.17, 15) is 18.4 Å². The van der Waals surface area contributed by atoms with Gasteiger partial charge in [0.1, 0.15) is 0 Å².